The van der Waals surface area contributed by atoms with Gasteiger partial charge in [0, 0.05) is 19.1 Å². The Morgan fingerprint density at radius 2 is 1.86 bits per heavy atom. The summed E-state index contributed by atoms with van der Waals surface area (Å²) in [4.78, 5) is 15.0. The molecule has 1 atom stereocenters. The lowest BCUT2D eigenvalue weighted by Gasteiger charge is -2.32. The van der Waals surface area contributed by atoms with Gasteiger partial charge in [-0.05, 0) is 64.3 Å². The standard InChI is InChI=1S/C21H33N3O4S/c1-3-28-20-11-10-18(29(26,27)24-13-6-4-7-14-24)15-19(20)22-21(25)16-23-12-8-5-9-17(23)2/h10-11,15,17H,3-9,12-14,16H2,1-2H3,(H,22,25)/t17-/m1/s1. The fourth-order valence-corrected chi connectivity index (χ4v) is 5.61. The molecule has 0 aromatic heterocycles. The fourth-order valence-electron chi connectivity index (χ4n) is 4.07. The van der Waals surface area contributed by atoms with E-state index in [2.05, 4.69) is 17.1 Å². The third-order valence-electron chi connectivity index (χ3n) is 5.77. The smallest absolute Gasteiger partial charge is 0.243 e. The van der Waals surface area contributed by atoms with Crippen LogP contribution in [0.3, 0.4) is 0 Å². The van der Waals surface area contributed by atoms with E-state index in [9.17, 15) is 13.2 Å². The van der Waals surface area contributed by atoms with E-state index < -0.39 is 10.0 Å². The van der Waals surface area contributed by atoms with Gasteiger partial charge in [-0.1, -0.05) is 12.8 Å². The monoisotopic (exact) mass is 423 g/mol. The average Bonchev–Trinajstić information content (AvgIpc) is 2.72. The summed E-state index contributed by atoms with van der Waals surface area (Å²) < 4.78 is 33.2. The number of nitrogens with one attached hydrogen (secondary N) is 1. The second kappa shape index (κ2) is 9.91. The van der Waals surface area contributed by atoms with Gasteiger partial charge in [-0.2, -0.15) is 4.31 Å². The maximum absolute atomic E-state index is 13.0. The second-order valence-electron chi connectivity index (χ2n) is 7.92. The molecule has 1 aromatic carbocycles. The number of likely N-dealkylation sites (tertiary alicyclic amines) is 1. The molecule has 0 radical (unpaired) electrons. The summed E-state index contributed by atoms with van der Waals surface area (Å²) >= 11 is 0. The Bertz CT molecular complexity index is 806. The van der Waals surface area contributed by atoms with Crippen LogP contribution in [0.15, 0.2) is 23.1 Å². The molecule has 2 saturated heterocycles. The summed E-state index contributed by atoms with van der Waals surface area (Å²) in [5, 5.41) is 2.89. The molecule has 1 amide bonds. The van der Waals surface area contributed by atoms with Crippen molar-refractivity contribution in [1.29, 1.82) is 0 Å². The third-order valence-corrected chi connectivity index (χ3v) is 7.66. The van der Waals surface area contributed by atoms with E-state index in [4.69, 9.17) is 4.74 Å². The first kappa shape index (κ1) is 22.1. The van der Waals surface area contributed by atoms with Crippen molar-refractivity contribution in [2.45, 2.75) is 63.3 Å². The van der Waals surface area contributed by atoms with E-state index in [-0.39, 0.29) is 10.8 Å². The lowest BCUT2D eigenvalue weighted by Crippen LogP contribution is -2.42. The zero-order valence-corrected chi connectivity index (χ0v) is 18.3. The molecule has 2 fully saturated rings. The van der Waals surface area contributed by atoms with Crippen molar-refractivity contribution >= 4 is 21.6 Å². The highest BCUT2D eigenvalue weighted by Crippen LogP contribution is 2.30. The number of nitrogens with zero attached hydrogens (tertiary/aromatic N) is 2. The molecule has 8 heteroatoms. The molecular formula is C21H33N3O4S. The number of anilines is 1. The van der Waals surface area contributed by atoms with Gasteiger partial charge in [0.05, 0.1) is 23.7 Å². The van der Waals surface area contributed by atoms with Gasteiger partial charge in [-0.15, -0.1) is 0 Å². The predicted octanol–water partition coefficient (Wildman–Crippen LogP) is 3.07. The molecule has 162 valence electrons. The number of amides is 1. The number of ether oxygens (including phenoxy) is 1. The van der Waals surface area contributed by atoms with Crippen LogP contribution in [0.25, 0.3) is 0 Å². The van der Waals surface area contributed by atoms with E-state index in [1.54, 1.807) is 12.1 Å². The van der Waals surface area contributed by atoms with Crippen LogP contribution in [0.5, 0.6) is 5.75 Å². The second-order valence-corrected chi connectivity index (χ2v) is 9.86. The van der Waals surface area contributed by atoms with E-state index in [0.29, 0.717) is 43.7 Å². The Morgan fingerprint density at radius 3 is 2.55 bits per heavy atom. The van der Waals surface area contributed by atoms with Crippen LogP contribution < -0.4 is 10.1 Å². The van der Waals surface area contributed by atoms with E-state index in [0.717, 1.165) is 38.6 Å². The Balaban J connectivity index is 1.78. The molecule has 0 saturated carbocycles. The van der Waals surface area contributed by atoms with Crippen LogP contribution >= 0.6 is 0 Å². The first-order chi connectivity index (χ1) is 13.9. The Kier molecular flexibility index (Phi) is 7.54. The maximum atomic E-state index is 13.0. The topological polar surface area (TPSA) is 79.0 Å². The minimum Gasteiger partial charge on any atom is -0.492 e. The Hall–Kier alpha value is -1.64. The van der Waals surface area contributed by atoms with E-state index in [1.165, 1.54) is 16.8 Å². The zero-order valence-electron chi connectivity index (χ0n) is 17.5. The first-order valence-electron chi connectivity index (χ1n) is 10.7. The molecular weight excluding hydrogens is 390 g/mol. The molecule has 2 heterocycles. The predicted molar refractivity (Wildman–Crippen MR) is 114 cm³/mol. The van der Waals surface area contributed by atoms with Crippen LogP contribution in [0.2, 0.25) is 0 Å². The molecule has 0 unspecified atom stereocenters. The lowest BCUT2D eigenvalue weighted by molar-refractivity contribution is -0.118. The number of piperidine rings is 2. The molecule has 7 nitrogen and oxygen atoms in total. The minimum atomic E-state index is -3.57. The van der Waals surface area contributed by atoms with Gasteiger partial charge < -0.3 is 10.1 Å². The lowest BCUT2D eigenvalue weighted by atomic mass is 10.0. The molecule has 0 aliphatic carbocycles. The van der Waals surface area contributed by atoms with Gasteiger partial charge in [0.25, 0.3) is 0 Å². The van der Waals surface area contributed by atoms with Gasteiger partial charge in [-0.3, -0.25) is 9.69 Å². The molecule has 1 N–H and O–H groups in total. The van der Waals surface area contributed by atoms with Crippen molar-refractivity contribution in [1.82, 2.24) is 9.21 Å². The highest BCUT2D eigenvalue weighted by atomic mass is 32.2. The van der Waals surface area contributed by atoms with Gasteiger partial charge in [-0.25, -0.2) is 8.42 Å². The van der Waals surface area contributed by atoms with Crippen LogP contribution in [0, 0.1) is 0 Å². The molecule has 0 spiro atoms. The van der Waals surface area contributed by atoms with Crippen molar-refractivity contribution in [2.75, 3.05) is 38.1 Å². The largest absolute Gasteiger partial charge is 0.492 e. The quantitative estimate of drug-likeness (QED) is 0.729. The average molecular weight is 424 g/mol. The SMILES string of the molecule is CCOc1ccc(S(=O)(=O)N2CCCCC2)cc1NC(=O)CN1CCCC[C@H]1C. The molecule has 0 bridgehead atoms. The van der Waals surface area contributed by atoms with Gasteiger partial charge in [0.15, 0.2) is 0 Å². The molecule has 1 aromatic rings. The van der Waals surface area contributed by atoms with Gasteiger partial charge in [0.1, 0.15) is 5.75 Å². The van der Waals surface area contributed by atoms with Crippen molar-refractivity contribution in [2.24, 2.45) is 0 Å². The van der Waals surface area contributed by atoms with Gasteiger partial charge in [0.2, 0.25) is 15.9 Å². The summed E-state index contributed by atoms with van der Waals surface area (Å²) in [6.45, 7) is 6.74. The number of rotatable bonds is 7. The van der Waals surface area contributed by atoms with Crippen molar-refractivity contribution < 1.29 is 17.9 Å². The summed E-state index contributed by atoms with van der Waals surface area (Å²) in [6.07, 6.45) is 6.23. The molecule has 29 heavy (non-hydrogen) atoms. The Labute approximate surface area is 174 Å². The highest BCUT2D eigenvalue weighted by molar-refractivity contribution is 7.89. The number of hydrogen-bond donors (Lipinski definition) is 1. The normalized spacial score (nSPS) is 21.7. The first-order valence-corrected chi connectivity index (χ1v) is 12.2. The minimum absolute atomic E-state index is 0.146. The maximum Gasteiger partial charge on any atom is 0.243 e. The van der Waals surface area contributed by atoms with Crippen molar-refractivity contribution in [3.05, 3.63) is 18.2 Å². The fraction of sp³-hybridized carbons (Fsp3) is 0.667. The van der Waals surface area contributed by atoms with Crippen LogP contribution in [0.1, 0.15) is 52.4 Å². The van der Waals surface area contributed by atoms with Crippen molar-refractivity contribution in [3.8, 4) is 5.75 Å². The van der Waals surface area contributed by atoms with E-state index in [1.807, 2.05) is 6.92 Å². The van der Waals surface area contributed by atoms with Crippen LogP contribution in [0.4, 0.5) is 5.69 Å². The summed E-state index contributed by atoms with van der Waals surface area (Å²) in [7, 11) is -3.57. The molecule has 2 aliphatic heterocycles. The number of carbonyl (C=O) groups excluding carboxylic acids is 1. The number of hydrogen-bond acceptors (Lipinski definition) is 5. The number of benzene rings is 1. The number of sulfonamides is 1. The summed E-state index contributed by atoms with van der Waals surface area (Å²) in [6, 6.07) is 5.12. The Morgan fingerprint density at radius 1 is 1.14 bits per heavy atom. The third kappa shape index (κ3) is 5.49. The van der Waals surface area contributed by atoms with Crippen LogP contribution in [-0.2, 0) is 14.8 Å². The summed E-state index contributed by atoms with van der Waals surface area (Å²) in [5.74, 6) is 0.345. The van der Waals surface area contributed by atoms with Crippen molar-refractivity contribution in [3.63, 3.8) is 0 Å². The van der Waals surface area contributed by atoms with E-state index >= 15 is 0 Å². The van der Waals surface area contributed by atoms with Gasteiger partial charge >= 0.3 is 0 Å². The molecule has 3 rings (SSSR count). The molecule has 2 aliphatic rings. The summed E-state index contributed by atoms with van der Waals surface area (Å²) in [5.41, 5.74) is 0.416. The van der Waals surface area contributed by atoms with Crippen LogP contribution in [-0.4, -0.2) is 62.4 Å². The number of carbonyl (C=O) groups is 1. The zero-order chi connectivity index (χ0) is 20.9. The highest BCUT2D eigenvalue weighted by Gasteiger charge is 2.27.